The lowest BCUT2D eigenvalue weighted by Crippen LogP contribution is -2.66. The molecule has 0 N–H and O–H groups in total. The number of esters is 1. The van der Waals surface area contributed by atoms with Crippen LogP contribution in [0.3, 0.4) is 0 Å². The first-order valence-corrected chi connectivity index (χ1v) is 12.2. The summed E-state index contributed by atoms with van der Waals surface area (Å²) < 4.78 is 5.29. The van der Waals surface area contributed by atoms with E-state index in [4.69, 9.17) is 4.74 Å². The highest BCUT2D eigenvalue weighted by Gasteiger charge is 2.70. The summed E-state index contributed by atoms with van der Waals surface area (Å²) in [6.07, 6.45) is 11.3. The van der Waals surface area contributed by atoms with Crippen LogP contribution < -0.4 is 0 Å². The molecule has 0 saturated heterocycles. The normalized spacial score (nSPS) is 48.1. The SMILES string of the molecule is COC(=O)[C@@]1(C)CCC[C@]2(C)[C@H]3C[C@H]4C(C(C)C)=C[C@]3(CC[C@@H]21)[C@H]1C(=O)C=CC(=O)[C@H]41. The van der Waals surface area contributed by atoms with Gasteiger partial charge in [-0.15, -0.1) is 0 Å². The van der Waals surface area contributed by atoms with Crippen molar-refractivity contribution >= 4 is 17.5 Å². The topological polar surface area (TPSA) is 60.4 Å². The molecule has 3 fully saturated rings. The molecule has 4 heteroatoms. The molecule has 2 bridgehead atoms. The number of ether oxygens (including phenoxy) is 1. The average molecular weight is 425 g/mol. The number of hydrogen-bond acceptors (Lipinski definition) is 4. The van der Waals surface area contributed by atoms with E-state index in [1.54, 1.807) is 6.08 Å². The Morgan fingerprint density at radius 3 is 2.45 bits per heavy atom. The van der Waals surface area contributed by atoms with Gasteiger partial charge in [-0.05, 0) is 80.3 Å². The summed E-state index contributed by atoms with van der Waals surface area (Å²) in [7, 11) is 1.51. The maximum Gasteiger partial charge on any atom is 0.311 e. The summed E-state index contributed by atoms with van der Waals surface area (Å²) in [4.78, 5) is 39.3. The standard InChI is InChI=1S/C27H36O4/c1-15(2)17-14-27-12-9-20-25(3,10-6-11-26(20,4)24(30)31-5)21(27)13-16(17)22-18(28)7-8-19(29)23(22)27/h7-8,14-16,20-23H,6,9-13H2,1-5H3/t16-,20-,21+,22-,23-,25-,26-,27-/m0/s1. The highest BCUT2D eigenvalue weighted by atomic mass is 16.5. The number of rotatable bonds is 2. The molecule has 1 spiro atoms. The molecule has 6 rings (SSSR count). The molecule has 3 saturated carbocycles. The lowest BCUT2D eigenvalue weighted by molar-refractivity contribution is -0.199. The third-order valence-corrected chi connectivity index (χ3v) is 10.4. The fourth-order valence-corrected chi connectivity index (χ4v) is 9.27. The number of carbonyl (C=O) groups is 3. The fraction of sp³-hybridized carbons (Fsp3) is 0.741. The molecule has 6 aliphatic carbocycles. The van der Waals surface area contributed by atoms with E-state index in [0.29, 0.717) is 11.8 Å². The smallest absolute Gasteiger partial charge is 0.311 e. The van der Waals surface area contributed by atoms with Gasteiger partial charge in [0.25, 0.3) is 0 Å². The molecule has 31 heavy (non-hydrogen) atoms. The van der Waals surface area contributed by atoms with Gasteiger partial charge in [0, 0.05) is 17.3 Å². The first-order chi connectivity index (χ1) is 14.6. The molecule has 0 unspecified atom stereocenters. The van der Waals surface area contributed by atoms with Crippen LogP contribution in [0.25, 0.3) is 0 Å². The molecule has 8 atom stereocenters. The van der Waals surface area contributed by atoms with Crippen LogP contribution in [0.4, 0.5) is 0 Å². The van der Waals surface area contributed by atoms with Gasteiger partial charge in [-0.2, -0.15) is 0 Å². The van der Waals surface area contributed by atoms with Crippen LogP contribution in [-0.2, 0) is 19.1 Å². The van der Waals surface area contributed by atoms with Crippen LogP contribution >= 0.6 is 0 Å². The minimum atomic E-state index is -0.462. The minimum absolute atomic E-state index is 0.0217. The van der Waals surface area contributed by atoms with Gasteiger partial charge in [0.2, 0.25) is 0 Å². The van der Waals surface area contributed by atoms with Gasteiger partial charge in [0.05, 0.1) is 12.5 Å². The third kappa shape index (κ3) is 2.51. The molecule has 0 amide bonds. The summed E-state index contributed by atoms with van der Waals surface area (Å²) in [5.74, 6) is 0.932. The van der Waals surface area contributed by atoms with Crippen molar-refractivity contribution in [1.82, 2.24) is 0 Å². The predicted octanol–water partition coefficient (Wildman–Crippen LogP) is 4.92. The van der Waals surface area contributed by atoms with Gasteiger partial charge in [-0.25, -0.2) is 0 Å². The van der Waals surface area contributed by atoms with Gasteiger partial charge in [0.15, 0.2) is 11.6 Å². The number of ketones is 2. The lowest BCUT2D eigenvalue weighted by Gasteiger charge is -2.69. The van der Waals surface area contributed by atoms with Crippen LogP contribution in [-0.4, -0.2) is 24.6 Å². The van der Waals surface area contributed by atoms with Crippen molar-refractivity contribution in [3.8, 4) is 0 Å². The van der Waals surface area contributed by atoms with Crippen molar-refractivity contribution < 1.29 is 19.1 Å². The first kappa shape index (κ1) is 21.2. The number of carbonyl (C=O) groups excluding carboxylic acids is 3. The average Bonchev–Trinajstić information content (AvgIpc) is 2.74. The number of methoxy groups -OCH3 is 1. The molecular weight excluding hydrogens is 388 g/mol. The molecule has 4 nitrogen and oxygen atoms in total. The van der Waals surface area contributed by atoms with E-state index >= 15 is 0 Å². The lowest BCUT2D eigenvalue weighted by atomic mass is 9.33. The van der Waals surface area contributed by atoms with Crippen LogP contribution in [0, 0.1) is 51.8 Å². The summed E-state index contributed by atoms with van der Waals surface area (Å²) in [6.45, 7) is 8.93. The maximum atomic E-state index is 13.3. The zero-order valence-corrected chi connectivity index (χ0v) is 19.6. The van der Waals surface area contributed by atoms with Crippen LogP contribution in [0.1, 0.15) is 66.2 Å². The van der Waals surface area contributed by atoms with Crippen molar-refractivity contribution in [2.75, 3.05) is 7.11 Å². The summed E-state index contributed by atoms with van der Waals surface area (Å²) in [5.41, 5.74) is 0.654. The highest BCUT2D eigenvalue weighted by molar-refractivity contribution is 6.08. The number of fused-ring (bicyclic) bond motifs is 1. The Hall–Kier alpha value is -1.71. The van der Waals surface area contributed by atoms with Gasteiger partial charge >= 0.3 is 5.97 Å². The zero-order chi connectivity index (χ0) is 22.3. The summed E-state index contributed by atoms with van der Waals surface area (Å²) in [6, 6.07) is 0. The number of hydrogen-bond donors (Lipinski definition) is 0. The minimum Gasteiger partial charge on any atom is -0.469 e. The van der Waals surface area contributed by atoms with Crippen molar-refractivity contribution in [1.29, 1.82) is 0 Å². The second kappa shape index (κ2) is 6.65. The monoisotopic (exact) mass is 424 g/mol. The molecule has 0 aliphatic heterocycles. The van der Waals surface area contributed by atoms with E-state index in [9.17, 15) is 14.4 Å². The van der Waals surface area contributed by atoms with Crippen LogP contribution in [0.2, 0.25) is 0 Å². The Balaban J connectivity index is 1.66. The van der Waals surface area contributed by atoms with Crippen molar-refractivity contribution in [3.63, 3.8) is 0 Å². The Morgan fingerprint density at radius 2 is 1.77 bits per heavy atom. The van der Waals surface area contributed by atoms with E-state index in [1.807, 2.05) is 0 Å². The van der Waals surface area contributed by atoms with Crippen LogP contribution in [0.5, 0.6) is 0 Å². The van der Waals surface area contributed by atoms with Gasteiger partial charge in [0.1, 0.15) is 0 Å². The van der Waals surface area contributed by atoms with E-state index in [-0.39, 0.29) is 52.0 Å². The molecule has 0 aromatic rings. The summed E-state index contributed by atoms with van der Waals surface area (Å²) >= 11 is 0. The third-order valence-electron chi connectivity index (χ3n) is 10.4. The predicted molar refractivity (Wildman–Crippen MR) is 118 cm³/mol. The first-order valence-electron chi connectivity index (χ1n) is 12.2. The Bertz CT molecular complexity index is 912. The van der Waals surface area contributed by atoms with Crippen molar-refractivity contribution in [2.45, 2.75) is 66.2 Å². The second-order valence-corrected chi connectivity index (χ2v) is 11.8. The second-order valence-electron chi connectivity index (χ2n) is 11.8. The highest BCUT2D eigenvalue weighted by Crippen LogP contribution is 2.74. The summed E-state index contributed by atoms with van der Waals surface area (Å²) in [5, 5.41) is 0. The Labute approximate surface area is 185 Å². The fourth-order valence-electron chi connectivity index (χ4n) is 9.27. The van der Waals surface area contributed by atoms with Gasteiger partial charge in [-0.1, -0.05) is 38.8 Å². The molecule has 0 radical (unpaired) electrons. The zero-order valence-electron chi connectivity index (χ0n) is 19.6. The molecule has 168 valence electrons. The Morgan fingerprint density at radius 1 is 1.06 bits per heavy atom. The largest absolute Gasteiger partial charge is 0.469 e. The molecular formula is C27H36O4. The molecule has 0 aromatic heterocycles. The van der Waals surface area contributed by atoms with Crippen molar-refractivity contribution in [2.24, 2.45) is 51.8 Å². The molecule has 0 heterocycles. The molecule has 6 aliphatic rings. The van der Waals surface area contributed by atoms with Gasteiger partial charge < -0.3 is 4.74 Å². The van der Waals surface area contributed by atoms with E-state index in [0.717, 1.165) is 38.5 Å². The van der Waals surface area contributed by atoms with E-state index < -0.39 is 5.41 Å². The van der Waals surface area contributed by atoms with E-state index in [1.165, 1.54) is 18.8 Å². The number of allylic oxidation sites excluding steroid dienone is 4. The van der Waals surface area contributed by atoms with Crippen molar-refractivity contribution in [3.05, 3.63) is 23.8 Å². The van der Waals surface area contributed by atoms with Gasteiger partial charge in [-0.3, -0.25) is 14.4 Å². The maximum absolute atomic E-state index is 13.3. The quantitative estimate of drug-likeness (QED) is 0.466. The van der Waals surface area contributed by atoms with Crippen LogP contribution in [0.15, 0.2) is 23.8 Å². The molecule has 0 aromatic carbocycles. The van der Waals surface area contributed by atoms with E-state index in [2.05, 4.69) is 33.8 Å². The Kier molecular flexibility index (Phi) is 4.54.